The topological polar surface area (TPSA) is 12.9 Å². The summed E-state index contributed by atoms with van der Waals surface area (Å²) >= 11 is 3.45. The van der Waals surface area contributed by atoms with Crippen LogP contribution in [0.15, 0.2) is 59.1 Å². The lowest BCUT2D eigenvalue weighted by molar-refractivity contribution is 1.36. The molecule has 0 N–H and O–H groups in total. The number of para-hydroxylation sites is 1. The van der Waals surface area contributed by atoms with Crippen LogP contribution in [0.4, 0.5) is 0 Å². The maximum atomic E-state index is 4.76. The van der Waals surface area contributed by atoms with Gasteiger partial charge >= 0.3 is 0 Å². The van der Waals surface area contributed by atoms with Crippen molar-refractivity contribution in [3.8, 4) is 11.3 Å². The number of aromatic nitrogens is 1. The van der Waals surface area contributed by atoms with Gasteiger partial charge in [0, 0.05) is 15.4 Å². The molecule has 0 bridgehead atoms. The Hall–Kier alpha value is -1.67. The number of hydrogen-bond donors (Lipinski definition) is 0. The van der Waals surface area contributed by atoms with E-state index < -0.39 is 0 Å². The van der Waals surface area contributed by atoms with Crippen molar-refractivity contribution in [2.75, 3.05) is 0 Å². The predicted molar refractivity (Wildman–Crippen MR) is 79.6 cm³/mol. The van der Waals surface area contributed by atoms with Gasteiger partial charge in [0.15, 0.2) is 0 Å². The molecule has 0 radical (unpaired) electrons. The lowest BCUT2D eigenvalue weighted by Gasteiger charge is -2.05. The van der Waals surface area contributed by atoms with Crippen molar-refractivity contribution in [2.24, 2.45) is 0 Å². The molecule has 0 saturated heterocycles. The van der Waals surface area contributed by atoms with Crippen LogP contribution in [-0.2, 0) is 0 Å². The Morgan fingerprint density at radius 2 is 1.67 bits per heavy atom. The second-order valence-corrected chi connectivity index (χ2v) is 5.27. The Balaban J connectivity index is 2.18. The molecular weight excluding hydrogens is 286 g/mol. The highest BCUT2D eigenvalue weighted by atomic mass is 79.9. The summed E-state index contributed by atoms with van der Waals surface area (Å²) in [6, 6.07) is 18.7. The highest BCUT2D eigenvalue weighted by Gasteiger charge is 2.03. The van der Waals surface area contributed by atoms with E-state index >= 15 is 0 Å². The number of benzene rings is 2. The quantitative estimate of drug-likeness (QED) is 0.618. The molecule has 0 unspecified atom stereocenters. The van der Waals surface area contributed by atoms with Gasteiger partial charge in [-0.3, -0.25) is 0 Å². The van der Waals surface area contributed by atoms with Gasteiger partial charge in [-0.25, -0.2) is 4.98 Å². The molecule has 1 heterocycles. The number of halogens is 1. The van der Waals surface area contributed by atoms with Gasteiger partial charge in [-0.1, -0.05) is 52.3 Å². The van der Waals surface area contributed by atoms with Crippen LogP contribution in [0.25, 0.3) is 22.2 Å². The number of nitrogens with zero attached hydrogens (tertiary/aromatic N) is 1. The molecule has 0 fully saturated rings. The lowest BCUT2D eigenvalue weighted by Crippen LogP contribution is -1.87. The minimum Gasteiger partial charge on any atom is -0.248 e. The van der Waals surface area contributed by atoms with Crippen LogP contribution in [-0.4, -0.2) is 4.98 Å². The van der Waals surface area contributed by atoms with E-state index in [0.717, 1.165) is 21.2 Å². The molecule has 0 amide bonds. The molecule has 0 saturated carbocycles. The number of fused-ring (bicyclic) bond motifs is 1. The minimum atomic E-state index is 1.02. The summed E-state index contributed by atoms with van der Waals surface area (Å²) in [5.74, 6) is 0. The van der Waals surface area contributed by atoms with E-state index in [1.54, 1.807) is 0 Å². The fourth-order valence-electron chi connectivity index (χ4n) is 2.08. The van der Waals surface area contributed by atoms with E-state index in [0.29, 0.717) is 0 Å². The fraction of sp³-hybridized carbons (Fsp3) is 0.0625. The highest BCUT2D eigenvalue weighted by molar-refractivity contribution is 9.10. The summed E-state index contributed by atoms with van der Waals surface area (Å²) in [6.07, 6.45) is 0. The molecular formula is C16H12BrN. The first-order valence-corrected chi connectivity index (χ1v) is 6.66. The molecule has 1 aromatic heterocycles. The maximum Gasteiger partial charge on any atom is 0.0738 e. The average molecular weight is 298 g/mol. The van der Waals surface area contributed by atoms with Crippen LogP contribution >= 0.6 is 15.9 Å². The van der Waals surface area contributed by atoms with E-state index in [-0.39, 0.29) is 0 Å². The third kappa shape index (κ3) is 2.04. The van der Waals surface area contributed by atoms with Crippen molar-refractivity contribution in [3.05, 3.63) is 64.6 Å². The van der Waals surface area contributed by atoms with Gasteiger partial charge in [-0.05, 0) is 30.7 Å². The van der Waals surface area contributed by atoms with Crippen molar-refractivity contribution in [1.82, 2.24) is 4.98 Å². The van der Waals surface area contributed by atoms with Gasteiger partial charge in [0.25, 0.3) is 0 Å². The summed E-state index contributed by atoms with van der Waals surface area (Å²) in [7, 11) is 0. The molecule has 0 aliphatic heterocycles. The first kappa shape index (κ1) is 11.4. The number of pyridine rings is 1. The normalized spacial score (nSPS) is 10.8. The van der Waals surface area contributed by atoms with Gasteiger partial charge in [-0.15, -0.1) is 0 Å². The Kier molecular flexibility index (Phi) is 2.88. The molecule has 0 aliphatic rings. The molecule has 2 heteroatoms. The molecule has 0 spiro atoms. The fourth-order valence-corrected chi connectivity index (χ4v) is 2.34. The molecule has 0 aliphatic carbocycles. The van der Waals surface area contributed by atoms with Crippen molar-refractivity contribution in [3.63, 3.8) is 0 Å². The van der Waals surface area contributed by atoms with E-state index in [1.807, 2.05) is 12.1 Å². The third-order valence-electron chi connectivity index (χ3n) is 3.06. The first-order valence-electron chi connectivity index (χ1n) is 5.86. The zero-order chi connectivity index (χ0) is 12.5. The van der Waals surface area contributed by atoms with Gasteiger partial charge in [0.1, 0.15) is 0 Å². The second-order valence-electron chi connectivity index (χ2n) is 4.35. The molecule has 1 nitrogen and oxygen atoms in total. The molecule has 0 atom stereocenters. The van der Waals surface area contributed by atoms with Gasteiger partial charge in [-0.2, -0.15) is 0 Å². The van der Waals surface area contributed by atoms with E-state index in [4.69, 9.17) is 4.98 Å². The third-order valence-corrected chi connectivity index (χ3v) is 3.59. The minimum absolute atomic E-state index is 1.02. The van der Waals surface area contributed by atoms with Crippen LogP contribution in [0.2, 0.25) is 0 Å². The van der Waals surface area contributed by atoms with Gasteiger partial charge < -0.3 is 0 Å². The summed E-state index contributed by atoms with van der Waals surface area (Å²) in [5.41, 5.74) is 4.46. The zero-order valence-electron chi connectivity index (χ0n) is 10.0. The maximum absolute atomic E-state index is 4.76. The summed E-state index contributed by atoms with van der Waals surface area (Å²) in [6.45, 7) is 2.10. The predicted octanol–water partition coefficient (Wildman–Crippen LogP) is 4.97. The van der Waals surface area contributed by atoms with Crippen LogP contribution < -0.4 is 0 Å². The van der Waals surface area contributed by atoms with Gasteiger partial charge in [0.2, 0.25) is 0 Å². The molecule has 3 rings (SSSR count). The molecule has 88 valence electrons. The SMILES string of the molecule is Cc1cccc2ccc(-c3ccc(Br)cc3)nc12. The lowest BCUT2D eigenvalue weighted by atomic mass is 10.1. The van der Waals surface area contributed by atoms with E-state index in [9.17, 15) is 0 Å². The van der Waals surface area contributed by atoms with E-state index in [1.165, 1.54) is 10.9 Å². The summed E-state index contributed by atoms with van der Waals surface area (Å²) in [5, 5.41) is 1.19. The second kappa shape index (κ2) is 4.54. The molecule has 18 heavy (non-hydrogen) atoms. The highest BCUT2D eigenvalue weighted by Crippen LogP contribution is 2.24. The number of aryl methyl sites for hydroxylation is 1. The summed E-state index contributed by atoms with van der Waals surface area (Å²) < 4.78 is 1.09. The Bertz CT molecular complexity index is 702. The van der Waals surface area contributed by atoms with Crippen LogP contribution in [0, 0.1) is 6.92 Å². The van der Waals surface area contributed by atoms with Crippen molar-refractivity contribution >= 4 is 26.8 Å². The molecule has 2 aromatic carbocycles. The van der Waals surface area contributed by atoms with Crippen molar-refractivity contribution in [1.29, 1.82) is 0 Å². The van der Waals surface area contributed by atoms with Crippen molar-refractivity contribution < 1.29 is 0 Å². The largest absolute Gasteiger partial charge is 0.248 e. The Labute approximate surface area is 115 Å². The first-order chi connectivity index (χ1) is 8.74. The van der Waals surface area contributed by atoms with E-state index in [2.05, 4.69) is 65.3 Å². The van der Waals surface area contributed by atoms with Gasteiger partial charge in [0.05, 0.1) is 11.2 Å². The van der Waals surface area contributed by atoms with Crippen LogP contribution in [0.1, 0.15) is 5.56 Å². The zero-order valence-corrected chi connectivity index (χ0v) is 11.6. The number of rotatable bonds is 1. The van der Waals surface area contributed by atoms with Crippen molar-refractivity contribution in [2.45, 2.75) is 6.92 Å². The summed E-state index contributed by atoms with van der Waals surface area (Å²) in [4.78, 5) is 4.76. The average Bonchev–Trinajstić information content (AvgIpc) is 2.40. The van der Waals surface area contributed by atoms with Crippen LogP contribution in [0.3, 0.4) is 0 Å². The number of hydrogen-bond acceptors (Lipinski definition) is 1. The Morgan fingerprint density at radius 3 is 2.44 bits per heavy atom. The molecule has 3 aromatic rings. The Morgan fingerprint density at radius 1 is 0.889 bits per heavy atom. The standard InChI is InChI=1S/C16H12BrN/c1-11-3-2-4-13-7-10-15(18-16(11)13)12-5-8-14(17)9-6-12/h2-10H,1H3. The monoisotopic (exact) mass is 297 g/mol. The smallest absolute Gasteiger partial charge is 0.0738 e. The van der Waals surface area contributed by atoms with Crippen LogP contribution in [0.5, 0.6) is 0 Å².